The summed E-state index contributed by atoms with van der Waals surface area (Å²) in [6.07, 6.45) is 1.66. The van der Waals surface area contributed by atoms with Crippen molar-refractivity contribution < 1.29 is 14.2 Å². The highest BCUT2D eigenvalue weighted by atomic mass is 16.5. The number of benzene rings is 4. The molecule has 0 amide bonds. The van der Waals surface area contributed by atoms with Crippen LogP contribution in [-0.2, 0) is 6.61 Å². The zero-order chi connectivity index (χ0) is 28.1. The fraction of sp³-hybridized carbons (Fsp3) is 0.206. The molecule has 0 spiro atoms. The molecule has 4 aromatic carbocycles. The van der Waals surface area contributed by atoms with Crippen molar-refractivity contribution in [1.29, 1.82) is 0 Å². The summed E-state index contributed by atoms with van der Waals surface area (Å²) in [4.78, 5) is 9.68. The molecule has 204 valence electrons. The third-order valence-electron chi connectivity index (χ3n) is 7.74. The summed E-state index contributed by atoms with van der Waals surface area (Å²) < 4.78 is 20.0. The second kappa shape index (κ2) is 9.93. The number of rotatable bonds is 6. The Bertz CT molecular complexity index is 1910. The number of fused-ring (bicyclic) bond motifs is 6. The number of aryl methyl sites for hydroxylation is 1. The molecule has 7 heteroatoms. The molecular formula is C34H30N4O3. The zero-order valence-corrected chi connectivity index (χ0v) is 23.5. The number of hydrogen-bond donors (Lipinski definition) is 0. The predicted molar refractivity (Wildman–Crippen MR) is 158 cm³/mol. The van der Waals surface area contributed by atoms with Gasteiger partial charge < -0.3 is 14.2 Å². The highest BCUT2D eigenvalue weighted by molar-refractivity contribution is 5.91. The highest BCUT2D eigenvalue weighted by Gasteiger charge is 2.34. The van der Waals surface area contributed by atoms with Crippen molar-refractivity contribution in [2.45, 2.75) is 39.2 Å². The van der Waals surface area contributed by atoms with Crippen LogP contribution in [0.4, 0.5) is 0 Å². The van der Waals surface area contributed by atoms with Gasteiger partial charge in [0.1, 0.15) is 30.2 Å². The van der Waals surface area contributed by atoms with E-state index in [2.05, 4.69) is 75.4 Å². The van der Waals surface area contributed by atoms with Crippen LogP contribution in [0.15, 0.2) is 85.2 Å². The first-order valence-corrected chi connectivity index (χ1v) is 13.8. The normalized spacial score (nSPS) is 14.1. The third-order valence-corrected chi connectivity index (χ3v) is 7.74. The molecule has 1 aliphatic rings. The van der Waals surface area contributed by atoms with Crippen LogP contribution in [0.3, 0.4) is 0 Å². The molecule has 0 N–H and O–H groups in total. The van der Waals surface area contributed by atoms with Crippen LogP contribution < -0.4 is 14.2 Å². The molecule has 0 aliphatic carbocycles. The van der Waals surface area contributed by atoms with Crippen molar-refractivity contribution >= 4 is 16.4 Å². The number of methoxy groups -OCH3 is 1. The largest absolute Gasteiger partial charge is 0.497 e. The summed E-state index contributed by atoms with van der Waals surface area (Å²) in [5.41, 5.74) is 6.02. The first-order chi connectivity index (χ1) is 20.0. The fourth-order valence-electron chi connectivity index (χ4n) is 5.68. The van der Waals surface area contributed by atoms with Gasteiger partial charge in [-0.05, 0) is 53.1 Å². The number of nitrogens with zero attached hydrogens (tertiary/aromatic N) is 4. The van der Waals surface area contributed by atoms with Crippen molar-refractivity contribution in [3.8, 4) is 23.1 Å². The van der Waals surface area contributed by atoms with Crippen LogP contribution in [-0.4, -0.2) is 26.7 Å². The lowest BCUT2D eigenvalue weighted by molar-refractivity contribution is 0.291. The van der Waals surface area contributed by atoms with Crippen LogP contribution in [0.25, 0.3) is 16.4 Å². The third kappa shape index (κ3) is 4.34. The Balaban J connectivity index is 1.35. The topological polar surface area (TPSA) is 70.8 Å². The van der Waals surface area contributed by atoms with E-state index < -0.39 is 0 Å². The lowest BCUT2D eigenvalue weighted by Crippen LogP contribution is -2.15. The van der Waals surface area contributed by atoms with Gasteiger partial charge in [0.15, 0.2) is 11.5 Å². The predicted octanol–water partition coefficient (Wildman–Crippen LogP) is 7.58. The lowest BCUT2D eigenvalue weighted by atomic mass is 9.83. The van der Waals surface area contributed by atoms with Crippen LogP contribution in [0.1, 0.15) is 59.3 Å². The van der Waals surface area contributed by atoms with E-state index in [1.54, 1.807) is 18.0 Å². The minimum absolute atomic E-state index is 0.164. The Hall–Kier alpha value is -4.91. The van der Waals surface area contributed by atoms with Gasteiger partial charge in [0, 0.05) is 16.9 Å². The van der Waals surface area contributed by atoms with Crippen molar-refractivity contribution in [3.63, 3.8) is 0 Å². The van der Waals surface area contributed by atoms with Crippen LogP contribution in [0.5, 0.6) is 23.1 Å². The van der Waals surface area contributed by atoms with Gasteiger partial charge in [0.05, 0.1) is 12.7 Å². The Kier molecular flexibility index (Phi) is 6.07. The molecule has 0 radical (unpaired) electrons. The summed E-state index contributed by atoms with van der Waals surface area (Å²) >= 11 is 0. The molecule has 1 atom stereocenters. The number of hydrogen-bond acceptors (Lipinski definition) is 6. The van der Waals surface area contributed by atoms with Gasteiger partial charge in [-0.2, -0.15) is 0 Å². The Morgan fingerprint density at radius 3 is 2.61 bits per heavy atom. The zero-order valence-electron chi connectivity index (χ0n) is 23.5. The quantitative estimate of drug-likeness (QED) is 0.216. The molecule has 0 fully saturated rings. The molecule has 3 heterocycles. The minimum Gasteiger partial charge on any atom is -0.497 e. The van der Waals surface area contributed by atoms with Crippen molar-refractivity contribution in [2.75, 3.05) is 7.11 Å². The average molecular weight is 543 g/mol. The molecular weight excluding hydrogens is 512 g/mol. The van der Waals surface area contributed by atoms with Gasteiger partial charge in [0.25, 0.3) is 0 Å². The molecule has 1 unspecified atom stereocenters. The minimum atomic E-state index is -0.164. The van der Waals surface area contributed by atoms with Gasteiger partial charge in [-0.15, -0.1) is 5.10 Å². The van der Waals surface area contributed by atoms with E-state index in [0.717, 1.165) is 55.8 Å². The number of ether oxygens (including phenoxy) is 3. The first-order valence-electron chi connectivity index (χ1n) is 13.8. The summed E-state index contributed by atoms with van der Waals surface area (Å²) in [6, 6.07) is 27.0. The SMILES string of the molecule is COc1ccc(C2c3ccc4ccccc4c3Oc3ncn4nc(COc5cc(C)ccc5C(C)C)nc4c32)cc1. The summed E-state index contributed by atoms with van der Waals surface area (Å²) in [5, 5.41) is 6.90. The van der Waals surface area contributed by atoms with Crippen LogP contribution in [0.2, 0.25) is 0 Å². The van der Waals surface area contributed by atoms with E-state index in [9.17, 15) is 0 Å². The van der Waals surface area contributed by atoms with E-state index in [1.165, 1.54) is 0 Å². The van der Waals surface area contributed by atoms with Crippen LogP contribution >= 0.6 is 0 Å². The molecule has 7 nitrogen and oxygen atoms in total. The van der Waals surface area contributed by atoms with E-state index in [0.29, 0.717) is 23.3 Å². The Morgan fingerprint density at radius 2 is 1.80 bits per heavy atom. The second-order valence-electron chi connectivity index (χ2n) is 10.8. The first kappa shape index (κ1) is 25.1. The fourth-order valence-corrected chi connectivity index (χ4v) is 5.68. The van der Waals surface area contributed by atoms with E-state index in [4.69, 9.17) is 29.3 Å². The summed E-state index contributed by atoms with van der Waals surface area (Å²) in [6.45, 7) is 6.64. The molecule has 6 aromatic rings. The molecule has 0 saturated carbocycles. The standard InChI is InChI=1S/C34H30N4O3/c1-20(2)25-15-9-21(3)17-28(25)40-18-29-36-33-31-30(23-10-13-24(39-4)14-11-23)27-16-12-22-7-5-6-8-26(22)32(27)41-34(31)35-19-38(33)37-29/h5-17,19-20,30H,18H2,1-4H3. The molecule has 0 bridgehead atoms. The molecule has 1 aliphatic heterocycles. The highest BCUT2D eigenvalue weighted by Crippen LogP contribution is 2.50. The molecule has 41 heavy (non-hydrogen) atoms. The Morgan fingerprint density at radius 1 is 0.976 bits per heavy atom. The maximum atomic E-state index is 6.54. The van der Waals surface area contributed by atoms with Gasteiger partial charge in [-0.25, -0.2) is 14.5 Å². The average Bonchev–Trinajstić information content (AvgIpc) is 3.42. The lowest BCUT2D eigenvalue weighted by Gasteiger charge is -2.28. The second-order valence-corrected chi connectivity index (χ2v) is 10.8. The van der Waals surface area contributed by atoms with Gasteiger partial charge in [-0.1, -0.05) is 74.5 Å². The van der Waals surface area contributed by atoms with E-state index >= 15 is 0 Å². The smallest absolute Gasteiger partial charge is 0.228 e. The molecule has 0 saturated heterocycles. The van der Waals surface area contributed by atoms with Gasteiger partial charge >= 0.3 is 0 Å². The summed E-state index contributed by atoms with van der Waals surface area (Å²) in [5.74, 6) is 3.76. The monoisotopic (exact) mass is 542 g/mol. The van der Waals surface area contributed by atoms with Crippen molar-refractivity contribution in [1.82, 2.24) is 19.6 Å². The Labute approximate surface area is 238 Å². The maximum Gasteiger partial charge on any atom is 0.228 e. The maximum absolute atomic E-state index is 6.54. The van der Waals surface area contributed by atoms with E-state index in [1.807, 2.05) is 24.3 Å². The van der Waals surface area contributed by atoms with Gasteiger partial charge in [-0.3, -0.25) is 0 Å². The van der Waals surface area contributed by atoms with Gasteiger partial charge in [0.2, 0.25) is 5.88 Å². The van der Waals surface area contributed by atoms with Crippen molar-refractivity contribution in [2.24, 2.45) is 0 Å². The molecule has 2 aromatic heterocycles. The summed E-state index contributed by atoms with van der Waals surface area (Å²) in [7, 11) is 1.67. The molecule has 7 rings (SSSR count). The van der Waals surface area contributed by atoms with E-state index in [-0.39, 0.29) is 12.5 Å². The number of aromatic nitrogens is 4. The van der Waals surface area contributed by atoms with Crippen LogP contribution in [0, 0.1) is 6.92 Å². The van der Waals surface area contributed by atoms with Crippen molar-refractivity contribution in [3.05, 3.63) is 119 Å².